The molecular formula is C32H68Nd3O4P+2. The minimum atomic E-state index is -5.39. The van der Waals surface area contributed by atoms with Crippen LogP contribution in [0.3, 0.4) is 0 Å². The third-order valence-electron chi connectivity index (χ3n) is 5.78. The summed E-state index contributed by atoms with van der Waals surface area (Å²) in [5.74, 6) is 1.41. The van der Waals surface area contributed by atoms with Crippen LogP contribution in [-0.4, -0.2) is 0 Å². The van der Waals surface area contributed by atoms with E-state index in [1.165, 1.54) is 116 Å². The number of hydrogen-bond donors (Lipinski definition) is 0. The Labute approximate surface area is 353 Å². The van der Waals surface area contributed by atoms with Crippen LogP contribution < -0.4 is 14.7 Å². The number of rotatable bonds is 18. The number of unbranched alkanes of at least 4 members (excludes halogenated alkanes) is 12. The summed E-state index contributed by atoms with van der Waals surface area (Å²) in [5, 5.41) is 0. The van der Waals surface area contributed by atoms with Crippen molar-refractivity contribution in [2.45, 2.75) is 171 Å². The van der Waals surface area contributed by atoms with Crippen LogP contribution in [0, 0.1) is 161 Å². The molecule has 0 fully saturated rings. The largest absolute Gasteiger partial charge is 3.00 e. The Morgan fingerprint density at radius 2 is 0.800 bits per heavy atom. The molecule has 0 aromatic carbocycles. The van der Waals surface area contributed by atoms with Gasteiger partial charge < -0.3 is 45.9 Å². The summed E-state index contributed by atoms with van der Waals surface area (Å²) in [6, 6.07) is 0. The van der Waals surface area contributed by atoms with E-state index in [0.29, 0.717) is 11.8 Å². The summed E-state index contributed by atoms with van der Waals surface area (Å²) in [7, 11) is -5.39. The summed E-state index contributed by atoms with van der Waals surface area (Å²) in [6.07, 6.45) is 28.7. The van der Waals surface area contributed by atoms with E-state index in [9.17, 15) is 0 Å². The monoisotopic (exact) mass is 973 g/mol. The molecule has 0 N–H and O–H groups in total. The first kappa shape index (κ1) is 62.9. The van der Waals surface area contributed by atoms with Crippen molar-refractivity contribution in [3.05, 3.63) is 26.7 Å². The van der Waals surface area contributed by atoms with Gasteiger partial charge in [-0.15, -0.1) is 0 Å². The molecule has 2 atom stereocenters. The zero-order valence-electron chi connectivity index (χ0n) is 28.0. The molecule has 0 saturated heterocycles. The molecule has 0 aromatic rings. The standard InChI is InChI=1S/4C8H17.3Nd.H3O4P/c2*1-4-6-7-8(3)5-2;2*1-3-5-7-8-6-4-2;;;;1-5(2,3)4/h2*8H,3-7H2,1-2H3;2*3H,4-8H2,1-2H3;;;;(H3,1,2,3,4)/q4*-1;3*+3;/p-3. The Bertz CT molecular complexity index is 354. The van der Waals surface area contributed by atoms with E-state index in [4.69, 9.17) is 19.2 Å². The van der Waals surface area contributed by atoms with Gasteiger partial charge in [0, 0.05) is 0 Å². The Hall–Kier alpha value is 4.16. The molecule has 0 saturated carbocycles. The van der Waals surface area contributed by atoms with Crippen LogP contribution in [0.25, 0.3) is 0 Å². The van der Waals surface area contributed by atoms with Gasteiger partial charge in [-0.2, -0.15) is 46.3 Å². The molecule has 0 spiro atoms. The van der Waals surface area contributed by atoms with Gasteiger partial charge in [0.05, 0.1) is 0 Å². The molecule has 40 heavy (non-hydrogen) atoms. The first-order chi connectivity index (χ1) is 17.4. The molecule has 0 aliphatic heterocycles. The summed E-state index contributed by atoms with van der Waals surface area (Å²) in [6.45, 7) is 25.6. The van der Waals surface area contributed by atoms with Crippen LogP contribution in [0.2, 0.25) is 0 Å². The van der Waals surface area contributed by atoms with Gasteiger partial charge in [0.1, 0.15) is 0 Å². The summed E-state index contributed by atoms with van der Waals surface area (Å²) in [4.78, 5) is 25.6. The molecule has 2 unspecified atom stereocenters. The first-order valence-electron chi connectivity index (χ1n) is 15.4. The molecule has 0 heterocycles. The van der Waals surface area contributed by atoms with Crippen molar-refractivity contribution >= 4 is 7.82 Å². The van der Waals surface area contributed by atoms with Gasteiger partial charge in [-0.3, -0.25) is 0 Å². The molecule has 3 radical (unpaired) electrons. The van der Waals surface area contributed by atoms with Crippen molar-refractivity contribution in [3.63, 3.8) is 0 Å². The van der Waals surface area contributed by atoms with Gasteiger partial charge >= 0.3 is 123 Å². The molecule has 0 bridgehead atoms. The van der Waals surface area contributed by atoms with Crippen molar-refractivity contribution in [1.29, 1.82) is 0 Å². The van der Waals surface area contributed by atoms with E-state index in [2.05, 4.69) is 82.1 Å². The van der Waals surface area contributed by atoms with Crippen molar-refractivity contribution in [3.8, 4) is 0 Å². The molecule has 0 rings (SSSR count). The minimum absolute atomic E-state index is 0. The van der Waals surface area contributed by atoms with E-state index >= 15 is 0 Å². The normalized spacial score (nSPS) is 10.9. The molecule has 235 valence electrons. The Morgan fingerprint density at radius 1 is 0.550 bits per heavy atom. The number of hydrogen-bond acceptors (Lipinski definition) is 4. The molecule has 8 heteroatoms. The third kappa shape index (κ3) is 104. The predicted octanol–water partition coefficient (Wildman–Crippen LogP) is 9.61. The van der Waals surface area contributed by atoms with Crippen LogP contribution in [0.4, 0.5) is 0 Å². The zero-order valence-corrected chi connectivity index (χ0v) is 38.6. The van der Waals surface area contributed by atoms with Crippen molar-refractivity contribution in [2.75, 3.05) is 0 Å². The first-order valence-corrected chi connectivity index (χ1v) is 16.9. The SMILES string of the molecule is C[CH-]CCCCCC.C[CH-]CCCCCC.O=P([O-])([O-])[O-].[CH2-]C(CC)CCCC.[CH2-]C(CC)CCCC.[Nd+3].[Nd+3].[Nd+3]. The van der Waals surface area contributed by atoms with Crippen LogP contribution >= 0.6 is 7.82 Å². The van der Waals surface area contributed by atoms with E-state index in [0.717, 1.165) is 0 Å². The smallest absolute Gasteiger partial charge is 0.822 e. The van der Waals surface area contributed by atoms with Gasteiger partial charge in [-0.05, 0) is 0 Å². The average Bonchev–Trinajstić information content (AvgIpc) is 2.86. The van der Waals surface area contributed by atoms with Crippen LogP contribution in [-0.2, 0) is 4.57 Å². The number of phosphoric acid groups is 1. The van der Waals surface area contributed by atoms with Gasteiger partial charge in [-0.25, -0.2) is 0 Å². The van der Waals surface area contributed by atoms with E-state index in [-0.39, 0.29) is 123 Å². The summed E-state index contributed by atoms with van der Waals surface area (Å²) < 4.78 is 8.55. The maximum atomic E-state index is 8.55. The summed E-state index contributed by atoms with van der Waals surface area (Å²) in [5.41, 5.74) is 0. The van der Waals surface area contributed by atoms with Crippen LogP contribution in [0.1, 0.15) is 171 Å². The maximum Gasteiger partial charge on any atom is 3.00 e. The maximum absolute atomic E-state index is 8.55. The fourth-order valence-corrected chi connectivity index (χ4v) is 2.94. The fourth-order valence-electron chi connectivity index (χ4n) is 2.94. The van der Waals surface area contributed by atoms with Gasteiger partial charge in [0.15, 0.2) is 0 Å². The second-order valence-electron chi connectivity index (χ2n) is 9.80. The zero-order chi connectivity index (χ0) is 29.8. The predicted molar refractivity (Wildman–Crippen MR) is 162 cm³/mol. The van der Waals surface area contributed by atoms with E-state index < -0.39 is 7.82 Å². The molecule has 0 amide bonds. The van der Waals surface area contributed by atoms with E-state index in [1.54, 1.807) is 0 Å². The van der Waals surface area contributed by atoms with Gasteiger partial charge in [0.2, 0.25) is 0 Å². The second kappa shape index (κ2) is 58.7. The van der Waals surface area contributed by atoms with Crippen molar-refractivity contribution in [1.82, 2.24) is 0 Å². The molecule has 0 aliphatic rings. The van der Waals surface area contributed by atoms with Crippen LogP contribution in [0.15, 0.2) is 0 Å². The van der Waals surface area contributed by atoms with Gasteiger partial charge in [0.25, 0.3) is 0 Å². The molecular weight excluding hydrogens is 912 g/mol. The quantitative estimate of drug-likeness (QED) is 0.0779. The van der Waals surface area contributed by atoms with Crippen molar-refractivity contribution in [2.24, 2.45) is 11.8 Å². The molecule has 0 aliphatic carbocycles. The molecule has 0 aromatic heterocycles. The van der Waals surface area contributed by atoms with Gasteiger partial charge in [-0.1, -0.05) is 144 Å². The average molecular weight is 981 g/mol. The molecule has 4 nitrogen and oxygen atoms in total. The Kier molecular flexibility index (Phi) is 92.3. The Morgan fingerprint density at radius 3 is 0.975 bits per heavy atom. The third-order valence-corrected chi connectivity index (χ3v) is 5.78. The van der Waals surface area contributed by atoms with Crippen LogP contribution in [0.5, 0.6) is 0 Å². The fraction of sp³-hybridized carbons (Fsp3) is 0.875. The minimum Gasteiger partial charge on any atom is -0.822 e. The van der Waals surface area contributed by atoms with E-state index in [1.807, 2.05) is 0 Å². The Balaban J connectivity index is -0.0000000528. The summed E-state index contributed by atoms with van der Waals surface area (Å²) >= 11 is 0. The topological polar surface area (TPSA) is 86.2 Å². The second-order valence-corrected chi connectivity index (χ2v) is 10.7. The van der Waals surface area contributed by atoms with Crippen molar-refractivity contribution < 1.29 is 142 Å².